The molecule has 3 heteroatoms. The van der Waals surface area contributed by atoms with Crippen molar-refractivity contribution >= 4 is 22.9 Å². The lowest BCUT2D eigenvalue weighted by molar-refractivity contribution is -0.117. The molecular weight excluding hydrogens is 356 g/mol. The molecule has 2 unspecified atom stereocenters. The molecule has 154 valence electrons. The lowest BCUT2D eigenvalue weighted by Crippen LogP contribution is -2.16. The lowest BCUT2D eigenvalue weighted by Gasteiger charge is -2.17. The van der Waals surface area contributed by atoms with Crippen LogP contribution in [0.2, 0.25) is 0 Å². The fraction of sp³-hybridized carbons (Fsp3) is 0.423. The summed E-state index contributed by atoms with van der Waals surface area (Å²) >= 11 is 0. The van der Waals surface area contributed by atoms with Gasteiger partial charge in [-0.25, -0.2) is 0 Å². The molecule has 0 spiro atoms. The average Bonchev–Trinajstić information content (AvgIpc) is 3.55. The van der Waals surface area contributed by atoms with Gasteiger partial charge in [-0.2, -0.15) is 0 Å². The van der Waals surface area contributed by atoms with E-state index in [2.05, 4.69) is 36.8 Å². The summed E-state index contributed by atoms with van der Waals surface area (Å²) in [5, 5.41) is 6.71. The molecule has 2 aliphatic carbocycles. The fourth-order valence-corrected chi connectivity index (χ4v) is 3.93. The number of hydrogen-bond acceptors (Lipinski definition) is 2. The zero-order valence-corrected chi connectivity index (χ0v) is 18.1. The molecule has 0 aliphatic heterocycles. The second kappa shape index (κ2) is 9.30. The molecule has 0 aromatic heterocycles. The van der Waals surface area contributed by atoms with Crippen molar-refractivity contribution in [2.75, 3.05) is 17.2 Å². The number of hydrogen-bond donors (Lipinski definition) is 2. The van der Waals surface area contributed by atoms with Gasteiger partial charge in [-0.1, -0.05) is 55.9 Å². The molecule has 2 fully saturated rings. The summed E-state index contributed by atoms with van der Waals surface area (Å²) in [6.07, 6.45) is 12.8. The minimum absolute atomic E-state index is 0.0187. The van der Waals surface area contributed by atoms with Gasteiger partial charge >= 0.3 is 0 Å². The third-order valence-corrected chi connectivity index (χ3v) is 5.81. The monoisotopic (exact) mass is 390 g/mol. The Morgan fingerprint density at radius 1 is 1.21 bits per heavy atom. The summed E-state index contributed by atoms with van der Waals surface area (Å²) in [6, 6.07) is 4.10. The van der Waals surface area contributed by atoms with Gasteiger partial charge in [-0.05, 0) is 68.7 Å². The highest BCUT2D eigenvalue weighted by atomic mass is 16.2. The number of benzene rings is 1. The van der Waals surface area contributed by atoms with Crippen molar-refractivity contribution in [1.29, 1.82) is 0 Å². The van der Waals surface area contributed by atoms with E-state index in [1.54, 1.807) is 0 Å². The number of carbonyl (C=O) groups excluding carboxylic acids is 1. The maximum atomic E-state index is 12.7. The normalized spacial score (nSPS) is 20.8. The highest BCUT2D eigenvalue weighted by Crippen LogP contribution is 2.45. The molecule has 29 heavy (non-hydrogen) atoms. The Labute approximate surface area is 175 Å². The van der Waals surface area contributed by atoms with E-state index in [-0.39, 0.29) is 17.7 Å². The molecule has 2 N–H and O–H groups in total. The summed E-state index contributed by atoms with van der Waals surface area (Å²) in [7, 11) is 0. The quantitative estimate of drug-likeness (QED) is 0.448. The van der Waals surface area contributed by atoms with E-state index < -0.39 is 0 Å². The van der Waals surface area contributed by atoms with Gasteiger partial charge in [0.1, 0.15) is 0 Å². The fourth-order valence-electron chi connectivity index (χ4n) is 3.93. The number of allylic oxidation sites excluding steroid dienone is 6. The number of anilines is 2. The minimum atomic E-state index is 0.0187. The van der Waals surface area contributed by atoms with Crippen molar-refractivity contribution in [3.63, 3.8) is 0 Å². The largest absolute Gasteiger partial charge is 0.384 e. The van der Waals surface area contributed by atoms with Crippen molar-refractivity contribution < 1.29 is 4.79 Å². The van der Waals surface area contributed by atoms with Gasteiger partial charge in [-0.3, -0.25) is 4.79 Å². The highest BCUT2D eigenvalue weighted by molar-refractivity contribution is 5.96. The van der Waals surface area contributed by atoms with Crippen molar-refractivity contribution in [2.24, 2.45) is 17.8 Å². The van der Waals surface area contributed by atoms with Crippen molar-refractivity contribution in [2.45, 2.75) is 46.5 Å². The van der Waals surface area contributed by atoms with Crippen molar-refractivity contribution in [1.82, 2.24) is 0 Å². The van der Waals surface area contributed by atoms with E-state index in [0.717, 1.165) is 52.5 Å². The maximum Gasteiger partial charge on any atom is 0.228 e. The number of nitrogens with one attached hydrogen (secondary N) is 2. The van der Waals surface area contributed by atoms with Gasteiger partial charge in [0.2, 0.25) is 5.91 Å². The minimum Gasteiger partial charge on any atom is -0.384 e. The third-order valence-electron chi connectivity index (χ3n) is 5.81. The zero-order chi connectivity index (χ0) is 21.0. The van der Waals surface area contributed by atoms with Crippen LogP contribution < -0.4 is 10.6 Å². The van der Waals surface area contributed by atoms with Gasteiger partial charge in [0.05, 0.1) is 0 Å². The summed E-state index contributed by atoms with van der Waals surface area (Å²) < 4.78 is 0. The lowest BCUT2D eigenvalue weighted by atomic mass is 9.99. The predicted octanol–water partition coefficient (Wildman–Crippen LogP) is 6.50. The molecule has 0 bridgehead atoms. The SMILES string of the molecule is C=C(C)c1c(C)cc(NC(=O)C2CC2C(=C)/C=C\C=C/C)cc1NCCC1CC1. The molecule has 2 aliphatic rings. The van der Waals surface area contributed by atoms with Crippen LogP contribution >= 0.6 is 0 Å². The van der Waals surface area contributed by atoms with Crippen molar-refractivity contribution in [3.05, 3.63) is 66.3 Å². The molecule has 0 radical (unpaired) electrons. The first-order valence-corrected chi connectivity index (χ1v) is 10.7. The second-order valence-corrected chi connectivity index (χ2v) is 8.55. The predicted molar refractivity (Wildman–Crippen MR) is 125 cm³/mol. The summed E-state index contributed by atoms with van der Waals surface area (Å²) in [5.41, 5.74) is 6.28. The summed E-state index contributed by atoms with van der Waals surface area (Å²) in [6.45, 7) is 15.3. The Kier molecular flexibility index (Phi) is 6.79. The molecule has 0 saturated heterocycles. The molecule has 1 aromatic carbocycles. The van der Waals surface area contributed by atoms with Gasteiger partial charge in [-0.15, -0.1) is 0 Å². The standard InChI is InChI=1S/C26H34N2O/c1-6-7-8-9-18(4)22-16-23(22)26(29)28-21-14-19(5)25(17(2)3)24(15-21)27-13-12-20-10-11-20/h6-9,14-15,20,22-23,27H,2,4,10-13,16H2,1,3,5H3,(H,28,29)/b7-6-,9-8-. The van der Waals surface area contributed by atoms with Crippen LogP contribution in [-0.2, 0) is 4.79 Å². The highest BCUT2D eigenvalue weighted by Gasteiger charge is 2.43. The van der Waals surface area contributed by atoms with Crippen LogP contribution in [0.5, 0.6) is 0 Å². The van der Waals surface area contributed by atoms with E-state index in [0.29, 0.717) is 0 Å². The van der Waals surface area contributed by atoms with E-state index in [9.17, 15) is 4.79 Å². The second-order valence-electron chi connectivity index (χ2n) is 8.55. The molecule has 0 heterocycles. The van der Waals surface area contributed by atoms with Crippen LogP contribution in [0.3, 0.4) is 0 Å². The number of carbonyl (C=O) groups is 1. The third kappa shape index (κ3) is 5.72. The molecule has 1 amide bonds. The Balaban J connectivity index is 1.65. The van der Waals surface area contributed by atoms with Crippen molar-refractivity contribution in [3.8, 4) is 0 Å². The molecule has 1 aromatic rings. The van der Waals surface area contributed by atoms with Crippen LogP contribution in [-0.4, -0.2) is 12.5 Å². The van der Waals surface area contributed by atoms with Gasteiger partial charge in [0.15, 0.2) is 0 Å². The molecule has 2 saturated carbocycles. The topological polar surface area (TPSA) is 41.1 Å². The Morgan fingerprint density at radius 2 is 1.97 bits per heavy atom. The molecule has 3 rings (SSSR count). The molecular formula is C26H34N2O. The Bertz CT molecular complexity index is 858. The average molecular weight is 391 g/mol. The first kappa shape index (κ1) is 21.2. The first-order chi connectivity index (χ1) is 13.9. The Morgan fingerprint density at radius 3 is 2.62 bits per heavy atom. The summed E-state index contributed by atoms with van der Waals surface area (Å²) in [5.74, 6) is 1.25. The smallest absolute Gasteiger partial charge is 0.228 e. The van der Waals surface area contributed by atoms with Crippen LogP contribution in [0.15, 0.2) is 55.2 Å². The van der Waals surface area contributed by atoms with Gasteiger partial charge in [0, 0.05) is 29.4 Å². The zero-order valence-electron chi connectivity index (χ0n) is 18.1. The number of rotatable bonds is 10. The van der Waals surface area contributed by atoms with E-state index in [1.807, 2.05) is 44.2 Å². The maximum absolute atomic E-state index is 12.7. The number of aryl methyl sites for hydroxylation is 1. The Hall–Kier alpha value is -2.55. The van der Waals surface area contributed by atoms with Crippen LogP contribution in [0.1, 0.15) is 50.7 Å². The summed E-state index contributed by atoms with van der Waals surface area (Å²) in [4.78, 5) is 12.7. The van der Waals surface area contributed by atoms with E-state index in [4.69, 9.17) is 0 Å². The van der Waals surface area contributed by atoms with E-state index >= 15 is 0 Å². The van der Waals surface area contributed by atoms with Crippen LogP contribution in [0.4, 0.5) is 11.4 Å². The first-order valence-electron chi connectivity index (χ1n) is 10.7. The van der Waals surface area contributed by atoms with Gasteiger partial charge < -0.3 is 10.6 Å². The molecule has 2 atom stereocenters. The van der Waals surface area contributed by atoms with Crippen LogP contribution in [0, 0.1) is 24.7 Å². The molecule has 3 nitrogen and oxygen atoms in total. The van der Waals surface area contributed by atoms with Crippen LogP contribution in [0.25, 0.3) is 5.57 Å². The van der Waals surface area contributed by atoms with E-state index in [1.165, 1.54) is 19.3 Å². The number of amides is 1. The van der Waals surface area contributed by atoms with Gasteiger partial charge in [0.25, 0.3) is 0 Å².